The van der Waals surface area contributed by atoms with E-state index in [2.05, 4.69) is 25.9 Å². The van der Waals surface area contributed by atoms with Crippen molar-refractivity contribution in [2.75, 3.05) is 11.1 Å². The number of carboxylic acid groups (broad SMARTS) is 1. The fraction of sp³-hybridized carbons (Fsp3) is 0.235. The van der Waals surface area contributed by atoms with Crippen LogP contribution in [0.3, 0.4) is 0 Å². The summed E-state index contributed by atoms with van der Waals surface area (Å²) >= 11 is 2.38. The quantitative estimate of drug-likeness (QED) is 0.192. The number of fused-ring (bicyclic) bond motifs is 1. The molecule has 2 aliphatic rings. The molecule has 0 bridgehead atoms. The number of carbonyl (C=O) groups excluding carboxylic acids is 3. The molecule has 0 saturated carbocycles. The van der Waals surface area contributed by atoms with Crippen LogP contribution in [0, 0.1) is 0 Å². The number of anilines is 1. The number of aromatic nitrogens is 2. The van der Waals surface area contributed by atoms with Crippen molar-refractivity contribution >= 4 is 58.1 Å². The number of oxime groups is 1. The van der Waals surface area contributed by atoms with E-state index in [0.29, 0.717) is 17.9 Å². The van der Waals surface area contributed by atoms with Crippen molar-refractivity contribution in [1.29, 1.82) is 0 Å². The molecular weight excluding hydrogens is 464 g/mol. The van der Waals surface area contributed by atoms with Gasteiger partial charge < -0.3 is 25.1 Å². The van der Waals surface area contributed by atoms with Gasteiger partial charge in [0, 0.05) is 17.2 Å². The standard InChI is InChI=1S/C17H14N6O7S2/c24-7-18-17-19-9(6-32-17)11(22-30-5-8-1-3-29-21-8)13(25)20-12-14(26)23-10(16(27)28)2-4-31-15(12)23/h1-3,6-7,12,15H,4-5H2,(H,20,25)(H,27,28)(H,18,19,24)/t12?,15-/m0/s1. The third-order valence-corrected chi connectivity index (χ3v) is 6.31. The van der Waals surface area contributed by atoms with Crippen LogP contribution in [0.1, 0.15) is 11.4 Å². The average molecular weight is 478 g/mol. The molecule has 0 spiro atoms. The highest BCUT2D eigenvalue weighted by atomic mass is 32.2. The van der Waals surface area contributed by atoms with E-state index in [1.165, 1.54) is 29.5 Å². The first-order valence-electron chi connectivity index (χ1n) is 8.94. The highest BCUT2D eigenvalue weighted by Gasteiger charge is 2.53. The van der Waals surface area contributed by atoms with Crippen LogP contribution in [0.2, 0.25) is 0 Å². The maximum absolute atomic E-state index is 12.9. The molecule has 0 radical (unpaired) electrons. The number of hydrogen-bond donors (Lipinski definition) is 3. The summed E-state index contributed by atoms with van der Waals surface area (Å²) in [6.45, 7) is -0.0851. The van der Waals surface area contributed by atoms with E-state index in [-0.39, 0.29) is 28.8 Å². The Bertz CT molecular complexity index is 1110. The van der Waals surface area contributed by atoms with E-state index in [1.54, 1.807) is 6.07 Å². The molecule has 1 saturated heterocycles. The van der Waals surface area contributed by atoms with Gasteiger partial charge in [-0.25, -0.2) is 9.78 Å². The molecule has 4 rings (SSSR count). The molecule has 166 valence electrons. The Morgan fingerprint density at radius 2 is 2.31 bits per heavy atom. The van der Waals surface area contributed by atoms with E-state index < -0.39 is 29.2 Å². The van der Waals surface area contributed by atoms with Crippen molar-refractivity contribution in [3.05, 3.63) is 40.9 Å². The van der Waals surface area contributed by atoms with E-state index in [4.69, 9.17) is 9.36 Å². The van der Waals surface area contributed by atoms with Gasteiger partial charge in [-0.15, -0.1) is 23.1 Å². The van der Waals surface area contributed by atoms with Crippen LogP contribution in [-0.4, -0.2) is 67.2 Å². The molecule has 2 aromatic rings. The lowest BCUT2D eigenvalue weighted by Gasteiger charge is -2.48. The van der Waals surface area contributed by atoms with Crippen molar-refractivity contribution in [3.8, 4) is 0 Å². The number of aliphatic carboxylic acids is 1. The molecule has 0 aromatic carbocycles. The monoisotopic (exact) mass is 478 g/mol. The van der Waals surface area contributed by atoms with E-state index in [9.17, 15) is 24.3 Å². The molecule has 2 aliphatic heterocycles. The summed E-state index contributed by atoms with van der Waals surface area (Å²) in [5, 5.41) is 22.9. The number of thiazole rings is 1. The summed E-state index contributed by atoms with van der Waals surface area (Å²) in [6, 6.07) is 0.613. The first-order chi connectivity index (χ1) is 15.5. The third kappa shape index (κ3) is 4.19. The lowest BCUT2D eigenvalue weighted by molar-refractivity contribution is -0.150. The summed E-state index contributed by atoms with van der Waals surface area (Å²) in [5.41, 5.74) is 0.206. The van der Waals surface area contributed by atoms with Gasteiger partial charge in [0.05, 0.1) is 0 Å². The Labute approximate surface area is 187 Å². The van der Waals surface area contributed by atoms with Crippen LogP contribution in [0.15, 0.2) is 39.2 Å². The van der Waals surface area contributed by atoms with Gasteiger partial charge in [-0.3, -0.25) is 19.3 Å². The second kappa shape index (κ2) is 9.19. The topological polar surface area (TPSA) is 176 Å². The summed E-state index contributed by atoms with van der Waals surface area (Å²) in [4.78, 5) is 57.9. The van der Waals surface area contributed by atoms with Gasteiger partial charge in [0.1, 0.15) is 34.8 Å². The van der Waals surface area contributed by atoms with E-state index in [1.807, 2.05) is 0 Å². The molecule has 2 aromatic heterocycles. The lowest BCUT2D eigenvalue weighted by Crippen LogP contribution is -2.70. The van der Waals surface area contributed by atoms with Crippen LogP contribution < -0.4 is 10.6 Å². The fourth-order valence-electron chi connectivity index (χ4n) is 2.93. The molecule has 15 heteroatoms. The number of carbonyl (C=O) groups is 4. The number of rotatable bonds is 9. The number of nitrogens with one attached hydrogen (secondary N) is 2. The SMILES string of the molecule is O=CNc1nc(C(=NOCc2ccon2)C(=O)NC2C(=O)N3C(C(=O)O)=CCS[C@@H]23)cs1. The highest BCUT2D eigenvalue weighted by Crippen LogP contribution is 2.37. The minimum Gasteiger partial charge on any atom is -0.477 e. The van der Waals surface area contributed by atoms with Crippen molar-refractivity contribution in [2.24, 2.45) is 5.16 Å². The predicted molar refractivity (Wildman–Crippen MR) is 110 cm³/mol. The second-order valence-electron chi connectivity index (χ2n) is 6.28. The maximum atomic E-state index is 12.9. The molecule has 3 N–H and O–H groups in total. The van der Waals surface area contributed by atoms with Crippen LogP contribution in [0.5, 0.6) is 0 Å². The second-order valence-corrected chi connectivity index (χ2v) is 8.29. The molecule has 13 nitrogen and oxygen atoms in total. The molecule has 2 atom stereocenters. The van der Waals surface area contributed by atoms with Gasteiger partial charge in [0.2, 0.25) is 6.41 Å². The van der Waals surface area contributed by atoms with Crippen molar-refractivity contribution < 1.29 is 33.6 Å². The number of amides is 3. The highest BCUT2D eigenvalue weighted by molar-refractivity contribution is 8.00. The Hall–Kier alpha value is -3.72. The lowest BCUT2D eigenvalue weighted by atomic mass is 10.0. The average Bonchev–Trinajstić information content (AvgIpc) is 3.46. The van der Waals surface area contributed by atoms with Gasteiger partial charge in [0.25, 0.3) is 11.8 Å². The summed E-state index contributed by atoms with van der Waals surface area (Å²) in [5.74, 6) is -2.13. The van der Waals surface area contributed by atoms with Crippen molar-refractivity contribution in [2.45, 2.75) is 18.0 Å². The number of carboxylic acids is 1. The zero-order chi connectivity index (χ0) is 22.7. The Balaban J connectivity index is 1.51. The van der Waals surface area contributed by atoms with Crippen LogP contribution in [0.4, 0.5) is 5.13 Å². The van der Waals surface area contributed by atoms with Gasteiger partial charge in [-0.1, -0.05) is 10.3 Å². The van der Waals surface area contributed by atoms with Gasteiger partial charge >= 0.3 is 5.97 Å². The minimum absolute atomic E-state index is 0.0851. The van der Waals surface area contributed by atoms with Gasteiger partial charge in [-0.2, -0.15) is 0 Å². The Morgan fingerprint density at radius 3 is 3.03 bits per heavy atom. The van der Waals surface area contributed by atoms with Crippen molar-refractivity contribution in [3.63, 3.8) is 0 Å². The van der Waals surface area contributed by atoms with Gasteiger partial charge in [0.15, 0.2) is 17.5 Å². The number of hydrogen-bond acceptors (Lipinski definition) is 11. The first-order valence-corrected chi connectivity index (χ1v) is 10.9. The zero-order valence-corrected chi connectivity index (χ0v) is 17.6. The minimum atomic E-state index is -1.21. The van der Waals surface area contributed by atoms with Crippen molar-refractivity contribution in [1.82, 2.24) is 20.4 Å². The summed E-state index contributed by atoms with van der Waals surface area (Å²) in [6.07, 6.45) is 3.24. The molecular formula is C17H14N6O7S2. The fourth-order valence-corrected chi connectivity index (χ4v) is 4.78. The Morgan fingerprint density at radius 1 is 1.47 bits per heavy atom. The maximum Gasteiger partial charge on any atom is 0.352 e. The van der Waals surface area contributed by atoms with Crippen LogP contribution >= 0.6 is 23.1 Å². The third-order valence-electron chi connectivity index (χ3n) is 4.36. The zero-order valence-electron chi connectivity index (χ0n) is 16.0. The molecule has 3 amide bonds. The van der Waals surface area contributed by atoms with Crippen LogP contribution in [0.25, 0.3) is 0 Å². The largest absolute Gasteiger partial charge is 0.477 e. The van der Waals surface area contributed by atoms with E-state index >= 15 is 0 Å². The summed E-state index contributed by atoms with van der Waals surface area (Å²) < 4.78 is 4.70. The normalized spacial score (nSPS) is 20.0. The van der Waals surface area contributed by atoms with E-state index in [0.717, 1.165) is 16.2 Å². The number of β-lactam (4-membered cyclic amide) rings is 1. The molecule has 0 aliphatic carbocycles. The molecule has 1 unspecified atom stereocenters. The smallest absolute Gasteiger partial charge is 0.352 e. The molecule has 4 heterocycles. The number of nitrogens with zero attached hydrogens (tertiary/aromatic N) is 4. The molecule has 1 fully saturated rings. The van der Waals surface area contributed by atoms with Gasteiger partial charge in [-0.05, 0) is 6.08 Å². The Kier molecular flexibility index (Phi) is 6.18. The predicted octanol–water partition coefficient (Wildman–Crippen LogP) is -0.0113. The number of thioether (sulfide) groups is 1. The first kappa shape index (κ1) is 21.5. The summed E-state index contributed by atoms with van der Waals surface area (Å²) in [7, 11) is 0. The molecule has 32 heavy (non-hydrogen) atoms. The van der Waals surface area contributed by atoms with Crippen LogP contribution in [-0.2, 0) is 30.6 Å².